The number of carboxylic acids is 1. The van der Waals surface area contributed by atoms with Crippen molar-refractivity contribution in [2.24, 2.45) is 5.92 Å². The molecule has 1 N–H and O–H groups in total. The van der Waals surface area contributed by atoms with Crippen LogP contribution < -0.4 is 0 Å². The maximum Gasteiger partial charge on any atom is 0.352 e. The standard InChI is InChI=1S/C14H20N2O4/c1-15(9-11-4-7-20-8-5-11)13(17)10-16-6-2-3-12(16)14(18)19/h2-3,6,11H,4-5,7-10H2,1H3,(H,18,19). The first-order chi connectivity index (χ1) is 9.58. The number of carboxylic acid groups (broad SMARTS) is 1. The Morgan fingerprint density at radius 1 is 1.45 bits per heavy atom. The molecule has 1 amide bonds. The van der Waals surface area contributed by atoms with Gasteiger partial charge in [-0.05, 0) is 30.9 Å². The Balaban J connectivity index is 1.90. The summed E-state index contributed by atoms with van der Waals surface area (Å²) >= 11 is 0. The summed E-state index contributed by atoms with van der Waals surface area (Å²) in [7, 11) is 1.77. The van der Waals surface area contributed by atoms with Gasteiger partial charge in [-0.2, -0.15) is 0 Å². The van der Waals surface area contributed by atoms with Crippen LogP contribution in [0.25, 0.3) is 0 Å². The van der Waals surface area contributed by atoms with Crippen molar-refractivity contribution in [3.8, 4) is 0 Å². The van der Waals surface area contributed by atoms with Gasteiger partial charge < -0.3 is 19.3 Å². The van der Waals surface area contributed by atoms with Gasteiger partial charge in [0.05, 0.1) is 0 Å². The van der Waals surface area contributed by atoms with E-state index in [1.165, 1.54) is 10.6 Å². The smallest absolute Gasteiger partial charge is 0.352 e. The number of aromatic nitrogens is 1. The fourth-order valence-corrected chi connectivity index (χ4v) is 2.43. The first kappa shape index (κ1) is 14.6. The van der Waals surface area contributed by atoms with Crippen molar-refractivity contribution in [2.45, 2.75) is 19.4 Å². The molecular weight excluding hydrogens is 260 g/mol. The Bertz CT molecular complexity index is 477. The van der Waals surface area contributed by atoms with E-state index < -0.39 is 5.97 Å². The van der Waals surface area contributed by atoms with Crippen LogP contribution in [0.1, 0.15) is 23.3 Å². The highest BCUT2D eigenvalue weighted by Crippen LogP contribution is 2.15. The molecule has 1 fully saturated rings. The van der Waals surface area contributed by atoms with Crippen LogP contribution in [0.3, 0.4) is 0 Å². The van der Waals surface area contributed by atoms with Gasteiger partial charge in [0.1, 0.15) is 12.2 Å². The molecule has 1 aliphatic heterocycles. The molecule has 1 aromatic heterocycles. The molecule has 0 bridgehead atoms. The molecule has 1 aliphatic rings. The third-order valence-corrected chi connectivity index (χ3v) is 3.65. The lowest BCUT2D eigenvalue weighted by Gasteiger charge is -2.27. The summed E-state index contributed by atoms with van der Waals surface area (Å²) in [5.74, 6) is -0.619. The quantitative estimate of drug-likeness (QED) is 0.875. The molecule has 1 aromatic rings. The minimum Gasteiger partial charge on any atom is -0.477 e. The van der Waals surface area contributed by atoms with E-state index in [4.69, 9.17) is 9.84 Å². The second kappa shape index (κ2) is 6.56. The van der Waals surface area contributed by atoms with Crippen molar-refractivity contribution >= 4 is 11.9 Å². The van der Waals surface area contributed by atoms with Crippen LogP contribution in [0.2, 0.25) is 0 Å². The highest BCUT2D eigenvalue weighted by molar-refractivity contribution is 5.86. The molecule has 0 aliphatic carbocycles. The Labute approximate surface area is 117 Å². The normalized spacial score (nSPS) is 16.1. The zero-order valence-corrected chi connectivity index (χ0v) is 11.6. The van der Waals surface area contributed by atoms with Crippen molar-refractivity contribution in [1.82, 2.24) is 9.47 Å². The summed E-state index contributed by atoms with van der Waals surface area (Å²) in [6, 6.07) is 3.13. The predicted molar refractivity (Wildman–Crippen MR) is 72.6 cm³/mol. The highest BCUT2D eigenvalue weighted by Gasteiger charge is 2.19. The van der Waals surface area contributed by atoms with Crippen LogP contribution in [-0.2, 0) is 16.1 Å². The van der Waals surface area contributed by atoms with Crippen LogP contribution in [0.15, 0.2) is 18.3 Å². The molecule has 6 heteroatoms. The van der Waals surface area contributed by atoms with Crippen LogP contribution in [-0.4, -0.2) is 53.3 Å². The third kappa shape index (κ3) is 3.60. The molecule has 0 spiro atoms. The minimum atomic E-state index is -1.02. The fourth-order valence-electron chi connectivity index (χ4n) is 2.43. The van der Waals surface area contributed by atoms with Gasteiger partial charge >= 0.3 is 5.97 Å². The zero-order valence-electron chi connectivity index (χ0n) is 11.6. The van der Waals surface area contributed by atoms with Crippen molar-refractivity contribution < 1.29 is 19.4 Å². The summed E-state index contributed by atoms with van der Waals surface area (Å²) in [4.78, 5) is 24.8. The zero-order chi connectivity index (χ0) is 14.5. The number of hydrogen-bond donors (Lipinski definition) is 1. The number of likely N-dealkylation sites (N-methyl/N-ethyl adjacent to an activating group) is 1. The van der Waals surface area contributed by atoms with Gasteiger partial charge in [0.25, 0.3) is 0 Å². The van der Waals surface area contributed by atoms with E-state index in [1.54, 1.807) is 24.2 Å². The maximum atomic E-state index is 12.1. The van der Waals surface area contributed by atoms with E-state index in [0.29, 0.717) is 12.5 Å². The van der Waals surface area contributed by atoms with Crippen molar-refractivity contribution in [3.63, 3.8) is 0 Å². The van der Waals surface area contributed by atoms with Crippen LogP contribution in [0.5, 0.6) is 0 Å². The van der Waals surface area contributed by atoms with Crippen molar-refractivity contribution in [2.75, 3.05) is 26.8 Å². The Hall–Kier alpha value is -1.82. The summed E-state index contributed by atoms with van der Waals surface area (Å²) in [6.07, 6.45) is 3.56. The minimum absolute atomic E-state index is 0.0638. The van der Waals surface area contributed by atoms with E-state index >= 15 is 0 Å². The number of hydrogen-bond acceptors (Lipinski definition) is 3. The number of rotatable bonds is 5. The first-order valence-corrected chi connectivity index (χ1v) is 6.78. The molecule has 2 rings (SSSR count). The Kier molecular flexibility index (Phi) is 4.79. The molecule has 0 unspecified atom stereocenters. The number of carbonyl (C=O) groups is 2. The van der Waals surface area contributed by atoms with E-state index in [0.717, 1.165) is 26.1 Å². The number of ether oxygens (including phenoxy) is 1. The van der Waals surface area contributed by atoms with E-state index in [2.05, 4.69) is 0 Å². The van der Waals surface area contributed by atoms with E-state index in [1.807, 2.05) is 0 Å². The average Bonchev–Trinajstić information content (AvgIpc) is 2.88. The van der Waals surface area contributed by atoms with Gasteiger partial charge in [0.15, 0.2) is 0 Å². The molecular formula is C14H20N2O4. The fraction of sp³-hybridized carbons (Fsp3) is 0.571. The van der Waals surface area contributed by atoms with Gasteiger partial charge in [0.2, 0.25) is 5.91 Å². The molecule has 110 valence electrons. The average molecular weight is 280 g/mol. The predicted octanol–water partition coefficient (Wildman–Crippen LogP) is 1.07. The second-order valence-electron chi connectivity index (χ2n) is 5.16. The number of nitrogens with zero attached hydrogens (tertiary/aromatic N) is 2. The molecule has 1 saturated heterocycles. The molecule has 0 radical (unpaired) electrons. The monoisotopic (exact) mass is 280 g/mol. The van der Waals surface area contributed by atoms with Gasteiger partial charge in [0, 0.05) is 33.0 Å². The molecule has 0 aromatic carbocycles. The van der Waals surface area contributed by atoms with Crippen LogP contribution in [0.4, 0.5) is 0 Å². The Morgan fingerprint density at radius 3 is 2.80 bits per heavy atom. The van der Waals surface area contributed by atoms with Gasteiger partial charge in [-0.25, -0.2) is 4.79 Å². The largest absolute Gasteiger partial charge is 0.477 e. The summed E-state index contributed by atoms with van der Waals surface area (Å²) < 4.78 is 6.76. The number of carbonyl (C=O) groups excluding carboxylic acids is 1. The van der Waals surface area contributed by atoms with Crippen molar-refractivity contribution in [3.05, 3.63) is 24.0 Å². The molecule has 6 nitrogen and oxygen atoms in total. The SMILES string of the molecule is CN(CC1CCOCC1)C(=O)Cn1cccc1C(=O)O. The number of aromatic carboxylic acids is 1. The van der Waals surface area contributed by atoms with Gasteiger partial charge in [-0.3, -0.25) is 4.79 Å². The Morgan fingerprint density at radius 2 is 2.15 bits per heavy atom. The first-order valence-electron chi connectivity index (χ1n) is 6.78. The van der Waals surface area contributed by atoms with Crippen molar-refractivity contribution in [1.29, 1.82) is 0 Å². The summed E-state index contributed by atoms with van der Waals surface area (Å²) in [5, 5.41) is 9.01. The van der Waals surface area contributed by atoms with Crippen LogP contribution >= 0.6 is 0 Å². The second-order valence-corrected chi connectivity index (χ2v) is 5.16. The molecule has 0 atom stereocenters. The third-order valence-electron chi connectivity index (χ3n) is 3.65. The maximum absolute atomic E-state index is 12.1. The van der Waals surface area contributed by atoms with E-state index in [9.17, 15) is 9.59 Å². The lowest BCUT2D eigenvalue weighted by atomic mass is 10.00. The van der Waals surface area contributed by atoms with Gasteiger partial charge in [-0.1, -0.05) is 0 Å². The molecule has 0 saturated carbocycles. The molecule has 20 heavy (non-hydrogen) atoms. The summed E-state index contributed by atoms with van der Waals surface area (Å²) in [5.41, 5.74) is 0.137. The van der Waals surface area contributed by atoms with E-state index in [-0.39, 0.29) is 18.1 Å². The highest BCUT2D eigenvalue weighted by atomic mass is 16.5. The topological polar surface area (TPSA) is 71.8 Å². The van der Waals surface area contributed by atoms with Crippen LogP contribution in [0, 0.1) is 5.92 Å². The lowest BCUT2D eigenvalue weighted by Crippen LogP contribution is -2.36. The van der Waals surface area contributed by atoms with Gasteiger partial charge in [-0.15, -0.1) is 0 Å². The summed E-state index contributed by atoms with van der Waals surface area (Å²) in [6.45, 7) is 2.28. The number of amides is 1. The lowest BCUT2D eigenvalue weighted by molar-refractivity contribution is -0.131. The molecule has 2 heterocycles.